The van der Waals surface area contributed by atoms with Crippen LogP contribution in [0.5, 0.6) is 0 Å². The molecule has 128 valence electrons. The van der Waals surface area contributed by atoms with E-state index in [0.717, 1.165) is 5.56 Å². The number of rotatable bonds is 5. The Hall–Kier alpha value is -3.66. The standard InChI is InChI=1S/C22H18N2O2/c23-17-12-16(13-18(24)14-17)22(26)20-9-5-4-8-19(20)21(25)11-10-15-6-2-1-3-7-15/h1-14H,23-24H2. The van der Waals surface area contributed by atoms with E-state index < -0.39 is 0 Å². The van der Waals surface area contributed by atoms with Crippen molar-refractivity contribution in [1.82, 2.24) is 0 Å². The van der Waals surface area contributed by atoms with Crippen molar-refractivity contribution in [3.8, 4) is 0 Å². The van der Waals surface area contributed by atoms with Gasteiger partial charge < -0.3 is 11.5 Å². The molecule has 0 aliphatic carbocycles. The van der Waals surface area contributed by atoms with Gasteiger partial charge in [0.25, 0.3) is 0 Å². The van der Waals surface area contributed by atoms with Crippen LogP contribution in [0.2, 0.25) is 0 Å². The van der Waals surface area contributed by atoms with E-state index in [1.807, 2.05) is 30.3 Å². The van der Waals surface area contributed by atoms with E-state index in [-0.39, 0.29) is 11.6 Å². The van der Waals surface area contributed by atoms with Crippen molar-refractivity contribution in [2.75, 3.05) is 11.5 Å². The summed E-state index contributed by atoms with van der Waals surface area (Å²) < 4.78 is 0. The van der Waals surface area contributed by atoms with Crippen LogP contribution < -0.4 is 11.5 Å². The number of allylic oxidation sites excluding steroid dienone is 1. The van der Waals surface area contributed by atoms with Crippen LogP contribution >= 0.6 is 0 Å². The minimum Gasteiger partial charge on any atom is -0.399 e. The van der Waals surface area contributed by atoms with E-state index in [9.17, 15) is 9.59 Å². The fourth-order valence-electron chi connectivity index (χ4n) is 2.68. The molecule has 0 amide bonds. The molecule has 0 radical (unpaired) electrons. The number of hydrogen-bond acceptors (Lipinski definition) is 4. The van der Waals surface area contributed by atoms with Crippen LogP contribution in [0.4, 0.5) is 11.4 Å². The summed E-state index contributed by atoms with van der Waals surface area (Å²) in [4.78, 5) is 25.5. The number of carbonyl (C=O) groups is 2. The second kappa shape index (κ2) is 7.49. The molecular formula is C22H18N2O2. The minimum absolute atomic E-state index is 0.241. The second-order valence-corrected chi connectivity index (χ2v) is 5.87. The minimum atomic E-state index is -0.291. The highest BCUT2D eigenvalue weighted by Crippen LogP contribution is 2.20. The number of carbonyl (C=O) groups excluding carboxylic acids is 2. The van der Waals surface area contributed by atoms with Crippen molar-refractivity contribution in [2.45, 2.75) is 0 Å². The zero-order chi connectivity index (χ0) is 18.5. The summed E-state index contributed by atoms with van der Waals surface area (Å²) in [6.45, 7) is 0. The molecule has 0 fully saturated rings. The van der Waals surface area contributed by atoms with Crippen LogP contribution in [0.15, 0.2) is 78.9 Å². The molecule has 0 heterocycles. The van der Waals surface area contributed by atoms with Gasteiger partial charge in [-0.1, -0.05) is 60.7 Å². The maximum Gasteiger partial charge on any atom is 0.193 e. The first-order valence-corrected chi connectivity index (χ1v) is 8.12. The Morgan fingerprint density at radius 3 is 1.96 bits per heavy atom. The van der Waals surface area contributed by atoms with Crippen LogP contribution in [0, 0.1) is 0 Å². The third-order valence-corrected chi connectivity index (χ3v) is 3.90. The van der Waals surface area contributed by atoms with Gasteiger partial charge in [0.05, 0.1) is 0 Å². The van der Waals surface area contributed by atoms with E-state index in [1.165, 1.54) is 6.08 Å². The van der Waals surface area contributed by atoms with Crippen molar-refractivity contribution in [3.05, 3.63) is 101 Å². The van der Waals surface area contributed by atoms with Gasteiger partial charge in [-0.2, -0.15) is 0 Å². The molecule has 0 saturated carbocycles. The first-order valence-electron chi connectivity index (χ1n) is 8.12. The molecule has 0 aromatic heterocycles. The van der Waals surface area contributed by atoms with Gasteiger partial charge in [-0.15, -0.1) is 0 Å². The quantitative estimate of drug-likeness (QED) is 0.417. The maximum atomic E-state index is 12.9. The van der Waals surface area contributed by atoms with Gasteiger partial charge in [-0.25, -0.2) is 0 Å². The molecule has 0 saturated heterocycles. The van der Waals surface area contributed by atoms with Crippen LogP contribution in [0.25, 0.3) is 6.08 Å². The molecule has 3 aromatic rings. The Kier molecular flexibility index (Phi) is 4.94. The summed E-state index contributed by atoms with van der Waals surface area (Å²) in [6.07, 6.45) is 3.19. The lowest BCUT2D eigenvalue weighted by atomic mass is 9.95. The topological polar surface area (TPSA) is 86.2 Å². The zero-order valence-electron chi connectivity index (χ0n) is 14.1. The lowest BCUT2D eigenvalue weighted by molar-refractivity contribution is 0.101. The van der Waals surface area contributed by atoms with Crippen molar-refractivity contribution in [3.63, 3.8) is 0 Å². The maximum absolute atomic E-state index is 12.9. The molecule has 26 heavy (non-hydrogen) atoms. The summed E-state index contributed by atoms with van der Waals surface area (Å²) in [7, 11) is 0. The summed E-state index contributed by atoms with van der Waals surface area (Å²) in [5.41, 5.74) is 14.3. The van der Waals surface area contributed by atoms with E-state index in [4.69, 9.17) is 11.5 Å². The van der Waals surface area contributed by atoms with Gasteiger partial charge in [0.15, 0.2) is 11.6 Å². The smallest absolute Gasteiger partial charge is 0.193 e. The Balaban J connectivity index is 1.94. The van der Waals surface area contributed by atoms with Gasteiger partial charge in [-0.05, 0) is 29.8 Å². The molecule has 4 nitrogen and oxygen atoms in total. The molecule has 0 spiro atoms. The highest BCUT2D eigenvalue weighted by molar-refractivity contribution is 6.19. The van der Waals surface area contributed by atoms with E-state index >= 15 is 0 Å². The van der Waals surface area contributed by atoms with Crippen molar-refractivity contribution >= 4 is 29.0 Å². The number of ketones is 2. The molecule has 0 unspecified atom stereocenters. The molecule has 4 heteroatoms. The summed E-state index contributed by atoms with van der Waals surface area (Å²) in [5, 5.41) is 0. The molecule has 0 aliphatic heterocycles. The Labute approximate surface area is 151 Å². The lowest BCUT2D eigenvalue weighted by Gasteiger charge is -2.08. The van der Waals surface area contributed by atoms with Crippen LogP contribution in [0.3, 0.4) is 0 Å². The van der Waals surface area contributed by atoms with Gasteiger partial charge >= 0.3 is 0 Å². The zero-order valence-corrected chi connectivity index (χ0v) is 14.1. The summed E-state index contributed by atoms with van der Waals surface area (Å²) >= 11 is 0. The largest absolute Gasteiger partial charge is 0.399 e. The van der Waals surface area contributed by atoms with Crippen molar-refractivity contribution in [1.29, 1.82) is 0 Å². The molecular weight excluding hydrogens is 324 g/mol. The summed E-state index contributed by atoms with van der Waals surface area (Å²) in [6, 6.07) is 20.9. The fraction of sp³-hybridized carbons (Fsp3) is 0. The lowest BCUT2D eigenvalue weighted by Crippen LogP contribution is -2.09. The van der Waals surface area contributed by atoms with Gasteiger partial charge in [0.1, 0.15) is 0 Å². The van der Waals surface area contributed by atoms with Crippen molar-refractivity contribution < 1.29 is 9.59 Å². The predicted octanol–water partition coefficient (Wildman–Crippen LogP) is 3.98. The molecule has 3 rings (SSSR count). The molecule has 0 atom stereocenters. The number of hydrogen-bond donors (Lipinski definition) is 2. The second-order valence-electron chi connectivity index (χ2n) is 5.87. The normalized spacial score (nSPS) is 10.8. The van der Waals surface area contributed by atoms with E-state index in [1.54, 1.807) is 48.5 Å². The Bertz CT molecular complexity index is 972. The average Bonchev–Trinajstić information content (AvgIpc) is 2.65. The third-order valence-electron chi connectivity index (χ3n) is 3.90. The molecule has 0 aliphatic rings. The first-order chi connectivity index (χ1) is 12.5. The van der Waals surface area contributed by atoms with Gasteiger partial charge in [-0.3, -0.25) is 9.59 Å². The van der Waals surface area contributed by atoms with Crippen molar-refractivity contribution in [2.24, 2.45) is 0 Å². The molecule has 3 aromatic carbocycles. The Morgan fingerprint density at radius 1 is 0.731 bits per heavy atom. The predicted molar refractivity (Wildman–Crippen MR) is 105 cm³/mol. The fourth-order valence-corrected chi connectivity index (χ4v) is 2.68. The van der Waals surface area contributed by atoms with E-state index in [0.29, 0.717) is 28.1 Å². The summed E-state index contributed by atoms with van der Waals surface area (Å²) in [5.74, 6) is -0.532. The first kappa shape index (κ1) is 17.2. The SMILES string of the molecule is Nc1cc(N)cc(C(=O)c2ccccc2C(=O)C=Cc2ccccc2)c1. The number of benzene rings is 3. The van der Waals surface area contributed by atoms with Gasteiger partial charge in [0, 0.05) is 28.1 Å². The van der Waals surface area contributed by atoms with Crippen LogP contribution in [0.1, 0.15) is 31.8 Å². The van der Waals surface area contributed by atoms with Crippen LogP contribution in [-0.2, 0) is 0 Å². The number of nitrogens with two attached hydrogens (primary N) is 2. The Morgan fingerprint density at radius 2 is 1.31 bits per heavy atom. The van der Waals surface area contributed by atoms with E-state index in [2.05, 4.69) is 0 Å². The average molecular weight is 342 g/mol. The molecule has 4 N–H and O–H groups in total. The number of anilines is 2. The molecule has 0 bridgehead atoms. The monoisotopic (exact) mass is 342 g/mol. The van der Waals surface area contributed by atoms with Gasteiger partial charge in [0.2, 0.25) is 0 Å². The highest BCUT2D eigenvalue weighted by atomic mass is 16.1. The highest BCUT2D eigenvalue weighted by Gasteiger charge is 2.17. The third kappa shape index (κ3) is 3.87. The van der Waals surface area contributed by atoms with Crippen LogP contribution in [-0.4, -0.2) is 11.6 Å². The number of nitrogen functional groups attached to an aromatic ring is 2.